The van der Waals surface area contributed by atoms with E-state index in [0.717, 1.165) is 12.1 Å². The molecule has 1 aromatic rings. The number of nitrogens with one attached hydrogen (secondary N) is 1. The van der Waals surface area contributed by atoms with Gasteiger partial charge in [-0.3, -0.25) is 10.1 Å². The Morgan fingerprint density at radius 3 is 2.33 bits per heavy atom. The van der Waals surface area contributed by atoms with Crippen LogP contribution in [0.5, 0.6) is 0 Å². The smallest absolute Gasteiger partial charge is 0.341 e. The van der Waals surface area contributed by atoms with E-state index >= 15 is 0 Å². The number of benzene rings is 1. The summed E-state index contributed by atoms with van der Waals surface area (Å²) < 4.78 is 80.6. The number of alkyl halides is 6. The number of nitrogens with zero attached hydrogens (tertiary/aromatic N) is 2. The third-order valence-corrected chi connectivity index (χ3v) is 5.67. The average molecular weight is 434 g/mol. The number of likely N-dealkylation sites (tertiary alicyclic amines) is 1. The maximum absolute atomic E-state index is 13.6. The Hall–Kier alpha value is -2.32. The maximum atomic E-state index is 13.6. The Labute approximate surface area is 168 Å². The highest BCUT2D eigenvalue weighted by atomic mass is 19.4. The predicted molar refractivity (Wildman–Crippen MR) is 94.1 cm³/mol. The second-order valence-corrected chi connectivity index (χ2v) is 7.66. The van der Waals surface area contributed by atoms with E-state index in [1.54, 1.807) is 0 Å². The van der Waals surface area contributed by atoms with Crippen LogP contribution in [0, 0.1) is 11.3 Å². The molecule has 5 nitrogen and oxygen atoms in total. The van der Waals surface area contributed by atoms with Crippen LogP contribution in [0.15, 0.2) is 18.2 Å². The molecule has 3 N–H and O–H groups in total. The van der Waals surface area contributed by atoms with Crippen LogP contribution in [0.3, 0.4) is 0 Å². The molecule has 164 valence electrons. The number of hydrogen-bond donors (Lipinski definition) is 2. The average Bonchev–Trinajstić information content (AvgIpc) is 3.13. The van der Waals surface area contributed by atoms with E-state index in [1.165, 1.54) is 11.0 Å². The van der Waals surface area contributed by atoms with Gasteiger partial charge in [-0.15, -0.1) is 0 Å². The quantitative estimate of drug-likeness (QED) is 0.702. The van der Waals surface area contributed by atoms with Crippen molar-refractivity contribution in [2.24, 2.45) is 5.73 Å². The van der Waals surface area contributed by atoms with E-state index in [2.05, 4.69) is 5.32 Å². The normalized spacial score (nSPS) is 25.9. The summed E-state index contributed by atoms with van der Waals surface area (Å²) in [7, 11) is 0. The molecule has 2 saturated heterocycles. The molecule has 3 atom stereocenters. The Morgan fingerprint density at radius 1 is 1.17 bits per heavy atom. The van der Waals surface area contributed by atoms with Crippen LogP contribution in [-0.2, 0) is 11.0 Å². The van der Waals surface area contributed by atoms with E-state index in [4.69, 9.17) is 11.0 Å². The van der Waals surface area contributed by atoms with Crippen LogP contribution in [-0.4, -0.2) is 48.2 Å². The molecule has 2 heterocycles. The lowest BCUT2D eigenvalue weighted by molar-refractivity contribution is -0.156. The van der Waals surface area contributed by atoms with Gasteiger partial charge in [0.1, 0.15) is 6.04 Å². The molecule has 0 spiro atoms. The Morgan fingerprint density at radius 2 is 1.80 bits per heavy atom. The monoisotopic (exact) mass is 434 g/mol. The summed E-state index contributed by atoms with van der Waals surface area (Å²) in [6.45, 7) is 0.656. The van der Waals surface area contributed by atoms with Crippen molar-refractivity contribution in [1.82, 2.24) is 10.2 Å². The standard InChI is InChI=1S/C19H20F6N4O/c20-18(21,22)14-7-10(1-2-11(14)9-26)13-8-15(28-16(13)19(23,24)25)17(30)29-5-3-12(27)4-6-29/h1-2,7,12-13,15-16,28H,3-6,8,27H2/t13?,15-,16+/m0/s1. The fourth-order valence-electron chi connectivity index (χ4n) is 4.08. The van der Waals surface area contributed by atoms with Crippen molar-refractivity contribution in [3.8, 4) is 6.07 Å². The third-order valence-electron chi connectivity index (χ3n) is 5.67. The van der Waals surface area contributed by atoms with Crippen molar-refractivity contribution in [2.45, 2.75) is 55.7 Å². The van der Waals surface area contributed by atoms with E-state index in [9.17, 15) is 31.1 Å². The topological polar surface area (TPSA) is 82.2 Å². The fraction of sp³-hybridized carbons (Fsp3) is 0.579. The zero-order valence-corrected chi connectivity index (χ0v) is 15.7. The molecule has 0 bridgehead atoms. The first-order chi connectivity index (χ1) is 13.9. The number of rotatable bonds is 2. The largest absolute Gasteiger partial charge is 0.417 e. The van der Waals surface area contributed by atoms with Gasteiger partial charge in [-0.1, -0.05) is 6.07 Å². The molecule has 3 rings (SSSR count). The van der Waals surface area contributed by atoms with E-state index < -0.39 is 47.4 Å². The molecule has 30 heavy (non-hydrogen) atoms. The van der Waals surface area contributed by atoms with Gasteiger partial charge >= 0.3 is 12.4 Å². The first-order valence-corrected chi connectivity index (χ1v) is 9.40. The highest BCUT2D eigenvalue weighted by Gasteiger charge is 2.52. The van der Waals surface area contributed by atoms with Crippen LogP contribution in [0.2, 0.25) is 0 Å². The summed E-state index contributed by atoms with van der Waals surface area (Å²) in [5.41, 5.74) is 3.61. The predicted octanol–water partition coefficient (Wildman–Crippen LogP) is 2.90. The number of piperidine rings is 1. The number of carbonyl (C=O) groups is 1. The zero-order valence-electron chi connectivity index (χ0n) is 15.7. The minimum atomic E-state index is -4.89. The zero-order chi connectivity index (χ0) is 22.3. The second kappa shape index (κ2) is 8.07. The minimum Gasteiger partial charge on any atom is -0.341 e. The van der Waals surface area contributed by atoms with Crippen LogP contribution in [0.1, 0.15) is 41.9 Å². The van der Waals surface area contributed by atoms with Crippen molar-refractivity contribution in [2.75, 3.05) is 13.1 Å². The molecule has 2 aliphatic rings. The highest BCUT2D eigenvalue weighted by Crippen LogP contribution is 2.42. The summed E-state index contributed by atoms with van der Waals surface area (Å²) in [5, 5.41) is 11.2. The molecule has 0 saturated carbocycles. The van der Waals surface area contributed by atoms with Gasteiger partial charge in [-0.2, -0.15) is 31.6 Å². The van der Waals surface area contributed by atoms with Gasteiger partial charge in [0.05, 0.1) is 23.2 Å². The number of hydrogen-bond acceptors (Lipinski definition) is 4. The Balaban J connectivity index is 1.90. The van der Waals surface area contributed by atoms with Crippen LogP contribution in [0.25, 0.3) is 0 Å². The number of carbonyl (C=O) groups excluding carboxylic acids is 1. The van der Waals surface area contributed by atoms with Crippen LogP contribution >= 0.6 is 0 Å². The lowest BCUT2D eigenvalue weighted by atomic mass is 9.88. The summed E-state index contributed by atoms with van der Waals surface area (Å²) in [5.74, 6) is -1.90. The lowest BCUT2D eigenvalue weighted by Crippen LogP contribution is -2.51. The van der Waals surface area contributed by atoms with Gasteiger partial charge in [0.15, 0.2) is 0 Å². The van der Waals surface area contributed by atoms with Gasteiger partial charge in [-0.25, -0.2) is 0 Å². The van der Waals surface area contributed by atoms with Crippen molar-refractivity contribution < 1.29 is 31.1 Å². The number of nitrogens with two attached hydrogens (primary N) is 1. The van der Waals surface area contributed by atoms with Crippen molar-refractivity contribution in [3.05, 3.63) is 34.9 Å². The number of amides is 1. The number of nitriles is 1. The van der Waals surface area contributed by atoms with Gasteiger partial charge in [0.25, 0.3) is 0 Å². The maximum Gasteiger partial charge on any atom is 0.417 e. The lowest BCUT2D eigenvalue weighted by Gasteiger charge is -2.32. The molecular weight excluding hydrogens is 414 g/mol. The van der Waals surface area contributed by atoms with Crippen LogP contribution in [0.4, 0.5) is 26.3 Å². The SMILES string of the molecule is N#Cc1ccc(C2C[C@@H](C(=O)N3CCC(N)CC3)N[C@H]2C(F)(F)F)cc1C(F)(F)F. The van der Waals surface area contributed by atoms with Crippen molar-refractivity contribution in [1.29, 1.82) is 5.26 Å². The Bertz CT molecular complexity index is 839. The minimum absolute atomic E-state index is 0.0688. The molecule has 2 fully saturated rings. The van der Waals surface area contributed by atoms with Crippen molar-refractivity contribution >= 4 is 5.91 Å². The molecule has 0 aliphatic carbocycles. The second-order valence-electron chi connectivity index (χ2n) is 7.66. The first-order valence-electron chi connectivity index (χ1n) is 9.40. The van der Waals surface area contributed by atoms with Gasteiger partial charge in [-0.05, 0) is 37.0 Å². The highest BCUT2D eigenvalue weighted by molar-refractivity contribution is 5.82. The van der Waals surface area contributed by atoms with Crippen molar-refractivity contribution in [3.63, 3.8) is 0 Å². The molecule has 0 radical (unpaired) electrons. The third kappa shape index (κ3) is 4.54. The summed E-state index contributed by atoms with van der Waals surface area (Å²) in [6, 6.07) is 0.534. The summed E-state index contributed by atoms with van der Waals surface area (Å²) in [4.78, 5) is 14.2. The first kappa shape index (κ1) is 22.4. The summed E-state index contributed by atoms with van der Waals surface area (Å²) in [6.07, 6.45) is -8.88. The van der Waals surface area contributed by atoms with E-state index in [1.807, 2.05) is 0 Å². The number of halogens is 6. The molecular formula is C19H20F6N4O. The molecule has 1 unspecified atom stereocenters. The van der Waals surface area contributed by atoms with E-state index in [0.29, 0.717) is 32.0 Å². The van der Waals surface area contributed by atoms with Gasteiger partial charge < -0.3 is 10.6 Å². The van der Waals surface area contributed by atoms with Gasteiger partial charge in [0, 0.05) is 25.0 Å². The van der Waals surface area contributed by atoms with Gasteiger partial charge in [0.2, 0.25) is 5.91 Å². The molecule has 1 aromatic carbocycles. The van der Waals surface area contributed by atoms with Crippen LogP contribution < -0.4 is 11.1 Å². The Kier molecular flexibility index (Phi) is 6.02. The molecule has 1 amide bonds. The van der Waals surface area contributed by atoms with E-state index in [-0.39, 0.29) is 18.0 Å². The fourth-order valence-corrected chi connectivity index (χ4v) is 4.08. The summed E-state index contributed by atoms with van der Waals surface area (Å²) >= 11 is 0. The molecule has 11 heteroatoms. The molecule has 2 aliphatic heterocycles. The molecule has 0 aromatic heterocycles.